The number of hydrogen-bond acceptors (Lipinski definition) is 2. The maximum atomic E-state index is 6.28. The molecule has 0 aromatic carbocycles. The Balaban J connectivity index is 2.02. The summed E-state index contributed by atoms with van der Waals surface area (Å²) in [5, 5.41) is 4.44. The molecule has 1 aromatic heterocycles. The number of hydrogen-bond donors (Lipinski definition) is 1. The lowest BCUT2D eigenvalue weighted by molar-refractivity contribution is 0.181. The minimum atomic E-state index is 0.569. The largest absolute Gasteiger partial charge is 0.314 e. The van der Waals surface area contributed by atoms with Crippen molar-refractivity contribution in [3.05, 3.63) is 29.0 Å². The van der Waals surface area contributed by atoms with Gasteiger partial charge in [0.25, 0.3) is 0 Å². The van der Waals surface area contributed by atoms with Crippen molar-refractivity contribution in [2.75, 3.05) is 6.54 Å². The van der Waals surface area contributed by atoms with E-state index in [-0.39, 0.29) is 0 Å². The fourth-order valence-corrected chi connectivity index (χ4v) is 3.52. The van der Waals surface area contributed by atoms with Gasteiger partial charge in [-0.3, -0.25) is 4.98 Å². The SMILES string of the molecule is CC1CCC(CNC(C)C)C(Cc2ccncc2Cl)C1. The smallest absolute Gasteiger partial charge is 0.0621 e. The minimum Gasteiger partial charge on any atom is -0.314 e. The fraction of sp³-hybridized carbons (Fsp3) is 0.706. The molecular weight excluding hydrogens is 268 g/mol. The molecule has 3 atom stereocenters. The van der Waals surface area contributed by atoms with Crippen molar-refractivity contribution in [2.24, 2.45) is 17.8 Å². The first kappa shape index (κ1) is 15.8. The third kappa shape index (κ3) is 4.46. The Labute approximate surface area is 128 Å². The quantitative estimate of drug-likeness (QED) is 0.874. The minimum absolute atomic E-state index is 0.569. The number of nitrogens with zero attached hydrogens (tertiary/aromatic N) is 1. The zero-order valence-corrected chi connectivity index (χ0v) is 13.7. The van der Waals surface area contributed by atoms with Gasteiger partial charge in [0.15, 0.2) is 0 Å². The van der Waals surface area contributed by atoms with Gasteiger partial charge in [0.2, 0.25) is 0 Å². The summed E-state index contributed by atoms with van der Waals surface area (Å²) in [5.74, 6) is 2.36. The molecule has 3 heteroatoms. The van der Waals surface area contributed by atoms with Crippen LogP contribution >= 0.6 is 11.6 Å². The molecule has 0 bridgehead atoms. The average molecular weight is 295 g/mol. The van der Waals surface area contributed by atoms with Gasteiger partial charge in [0.1, 0.15) is 0 Å². The van der Waals surface area contributed by atoms with Crippen molar-refractivity contribution >= 4 is 11.6 Å². The summed E-state index contributed by atoms with van der Waals surface area (Å²) in [6, 6.07) is 2.65. The maximum Gasteiger partial charge on any atom is 0.0621 e. The first-order chi connectivity index (χ1) is 9.56. The van der Waals surface area contributed by atoms with Crippen LogP contribution in [-0.4, -0.2) is 17.6 Å². The lowest BCUT2D eigenvalue weighted by Gasteiger charge is -2.36. The van der Waals surface area contributed by atoms with E-state index in [9.17, 15) is 0 Å². The van der Waals surface area contributed by atoms with Gasteiger partial charge in [-0.25, -0.2) is 0 Å². The monoisotopic (exact) mass is 294 g/mol. The Hall–Kier alpha value is -0.600. The lowest BCUT2D eigenvalue weighted by atomic mass is 9.72. The van der Waals surface area contributed by atoms with E-state index in [4.69, 9.17) is 11.6 Å². The zero-order valence-electron chi connectivity index (χ0n) is 12.9. The van der Waals surface area contributed by atoms with E-state index in [0.29, 0.717) is 6.04 Å². The molecule has 3 unspecified atom stereocenters. The fourth-order valence-electron chi connectivity index (χ4n) is 3.32. The number of rotatable bonds is 5. The van der Waals surface area contributed by atoms with Crippen LogP contribution in [0.25, 0.3) is 0 Å². The van der Waals surface area contributed by atoms with Crippen LogP contribution < -0.4 is 5.32 Å². The van der Waals surface area contributed by atoms with Crippen LogP contribution in [0.15, 0.2) is 18.5 Å². The van der Waals surface area contributed by atoms with Crippen molar-refractivity contribution in [2.45, 2.75) is 52.5 Å². The van der Waals surface area contributed by atoms with Gasteiger partial charge in [-0.2, -0.15) is 0 Å². The molecule has 112 valence electrons. The summed E-state index contributed by atoms with van der Waals surface area (Å²) in [6.07, 6.45) is 8.75. The second-order valence-corrected chi connectivity index (χ2v) is 7.08. The summed E-state index contributed by atoms with van der Waals surface area (Å²) < 4.78 is 0. The van der Waals surface area contributed by atoms with E-state index in [1.165, 1.54) is 24.8 Å². The lowest BCUT2D eigenvalue weighted by Crippen LogP contribution is -2.36. The van der Waals surface area contributed by atoms with Gasteiger partial charge in [0.05, 0.1) is 5.02 Å². The maximum absolute atomic E-state index is 6.28. The van der Waals surface area contributed by atoms with Crippen molar-refractivity contribution in [1.82, 2.24) is 10.3 Å². The molecular formula is C17H27ClN2. The molecule has 0 saturated heterocycles. The first-order valence-corrected chi connectivity index (χ1v) is 8.25. The van der Waals surface area contributed by atoms with Crippen LogP contribution in [0.5, 0.6) is 0 Å². The summed E-state index contributed by atoms with van der Waals surface area (Å²) in [6.45, 7) is 7.96. The summed E-state index contributed by atoms with van der Waals surface area (Å²) in [5.41, 5.74) is 1.26. The van der Waals surface area contributed by atoms with Gasteiger partial charge >= 0.3 is 0 Å². The van der Waals surface area contributed by atoms with Gasteiger partial charge in [-0.1, -0.05) is 38.8 Å². The highest BCUT2D eigenvalue weighted by Gasteiger charge is 2.29. The Kier molecular flexibility index (Phi) is 5.86. The van der Waals surface area contributed by atoms with Crippen LogP contribution in [-0.2, 0) is 6.42 Å². The van der Waals surface area contributed by atoms with Crippen molar-refractivity contribution in [3.8, 4) is 0 Å². The topological polar surface area (TPSA) is 24.9 Å². The van der Waals surface area contributed by atoms with E-state index in [1.54, 1.807) is 6.20 Å². The van der Waals surface area contributed by atoms with E-state index < -0.39 is 0 Å². The van der Waals surface area contributed by atoms with E-state index in [1.807, 2.05) is 6.20 Å². The number of halogens is 1. The summed E-state index contributed by atoms with van der Waals surface area (Å²) in [7, 11) is 0. The number of aromatic nitrogens is 1. The summed E-state index contributed by atoms with van der Waals surface area (Å²) in [4.78, 5) is 4.09. The van der Waals surface area contributed by atoms with Crippen molar-refractivity contribution in [1.29, 1.82) is 0 Å². The molecule has 0 aliphatic heterocycles. The highest BCUT2D eigenvalue weighted by Crippen LogP contribution is 2.36. The van der Waals surface area contributed by atoms with Crippen LogP contribution in [0.1, 0.15) is 45.6 Å². The average Bonchev–Trinajstić information content (AvgIpc) is 2.40. The van der Waals surface area contributed by atoms with Gasteiger partial charge in [0, 0.05) is 18.4 Å². The molecule has 2 rings (SSSR count). The molecule has 1 aliphatic rings. The Bertz CT molecular complexity index is 419. The van der Waals surface area contributed by atoms with E-state index in [2.05, 4.69) is 37.1 Å². The Morgan fingerprint density at radius 2 is 2.15 bits per heavy atom. The predicted octanol–water partition coefficient (Wildman–Crippen LogP) is 4.33. The third-order valence-corrected chi connectivity index (χ3v) is 4.87. The molecule has 0 radical (unpaired) electrons. The molecule has 20 heavy (non-hydrogen) atoms. The normalized spacial score (nSPS) is 26.9. The van der Waals surface area contributed by atoms with Crippen LogP contribution in [0, 0.1) is 17.8 Å². The molecule has 1 saturated carbocycles. The van der Waals surface area contributed by atoms with Crippen LogP contribution in [0.4, 0.5) is 0 Å². The van der Waals surface area contributed by atoms with Crippen molar-refractivity contribution in [3.63, 3.8) is 0 Å². The number of pyridine rings is 1. The Morgan fingerprint density at radius 1 is 1.35 bits per heavy atom. The molecule has 1 N–H and O–H groups in total. The third-order valence-electron chi connectivity index (χ3n) is 4.53. The van der Waals surface area contributed by atoms with Crippen LogP contribution in [0.3, 0.4) is 0 Å². The van der Waals surface area contributed by atoms with Gasteiger partial charge in [-0.15, -0.1) is 0 Å². The second kappa shape index (κ2) is 7.42. The van der Waals surface area contributed by atoms with Gasteiger partial charge in [-0.05, 0) is 55.2 Å². The van der Waals surface area contributed by atoms with Crippen molar-refractivity contribution < 1.29 is 0 Å². The van der Waals surface area contributed by atoms with E-state index in [0.717, 1.165) is 35.7 Å². The van der Waals surface area contributed by atoms with Gasteiger partial charge < -0.3 is 5.32 Å². The second-order valence-electron chi connectivity index (χ2n) is 6.67. The van der Waals surface area contributed by atoms with Crippen LogP contribution in [0.2, 0.25) is 5.02 Å². The Morgan fingerprint density at radius 3 is 2.85 bits per heavy atom. The standard InChI is InChI=1S/C17H27ClN2/c1-12(2)20-10-15-5-4-13(3)8-16(15)9-14-6-7-19-11-17(14)18/h6-7,11-13,15-16,20H,4-5,8-10H2,1-3H3. The highest BCUT2D eigenvalue weighted by molar-refractivity contribution is 6.31. The highest BCUT2D eigenvalue weighted by atomic mass is 35.5. The summed E-state index contributed by atoms with van der Waals surface area (Å²) >= 11 is 6.28. The molecule has 1 aliphatic carbocycles. The molecule has 1 heterocycles. The molecule has 1 aromatic rings. The van der Waals surface area contributed by atoms with E-state index >= 15 is 0 Å². The molecule has 1 fully saturated rings. The first-order valence-electron chi connectivity index (χ1n) is 7.88. The molecule has 0 amide bonds. The molecule has 2 nitrogen and oxygen atoms in total. The number of nitrogens with one attached hydrogen (secondary N) is 1. The predicted molar refractivity (Wildman–Crippen MR) is 86.1 cm³/mol. The molecule has 0 spiro atoms. The zero-order chi connectivity index (χ0) is 14.5.